The number of halogens is 1. The normalized spacial score (nSPS) is 15.0. The summed E-state index contributed by atoms with van der Waals surface area (Å²) >= 11 is 0. The monoisotopic (exact) mass is 312 g/mol. The Morgan fingerprint density at radius 2 is 1.95 bits per heavy atom. The lowest BCUT2D eigenvalue weighted by Gasteiger charge is -2.22. The number of benzene rings is 1. The predicted molar refractivity (Wildman–Crippen MR) is 87.0 cm³/mol. The predicted octanol–water partition coefficient (Wildman–Crippen LogP) is 2.38. The molecule has 0 saturated carbocycles. The Morgan fingerprint density at radius 3 is 2.67 bits per heavy atom. The van der Waals surface area contributed by atoms with Crippen LogP contribution >= 0.6 is 12.4 Å². The number of carbonyl (C=O) groups excluding carboxylic acids is 1. The Hall–Kier alpha value is -1.26. The zero-order valence-corrected chi connectivity index (χ0v) is 13.2. The van der Waals surface area contributed by atoms with Gasteiger partial charge >= 0.3 is 0 Å². The quantitative estimate of drug-likeness (QED) is 0.760. The highest BCUT2D eigenvalue weighted by Gasteiger charge is 2.14. The summed E-state index contributed by atoms with van der Waals surface area (Å²) in [5.41, 5.74) is 0. The molecular formula is C16H25ClN2O2. The first-order valence-electron chi connectivity index (χ1n) is 7.50. The highest BCUT2D eigenvalue weighted by Crippen LogP contribution is 2.17. The molecule has 1 aliphatic rings. The van der Waals surface area contributed by atoms with Crippen molar-refractivity contribution in [1.29, 1.82) is 0 Å². The number of hydrogen-bond acceptors (Lipinski definition) is 3. The fourth-order valence-corrected chi connectivity index (χ4v) is 2.47. The average Bonchev–Trinajstić information content (AvgIpc) is 2.52. The summed E-state index contributed by atoms with van der Waals surface area (Å²) in [6.07, 6.45) is 4.04. The van der Waals surface area contributed by atoms with E-state index in [2.05, 4.69) is 10.6 Å². The SMILES string of the molecule is Cl.O=C(CCC1CCNCC1)NCCOc1ccccc1. The standard InChI is InChI=1S/C16H24N2O2.ClH/c19-16(7-6-14-8-10-17-11-9-14)18-12-13-20-15-4-2-1-3-5-15;/h1-5,14,17H,6-13H2,(H,18,19);1H. The number of para-hydroxylation sites is 1. The minimum absolute atomic E-state index is 0. The average molecular weight is 313 g/mol. The van der Waals surface area contributed by atoms with Crippen LogP contribution < -0.4 is 15.4 Å². The van der Waals surface area contributed by atoms with Gasteiger partial charge in [0.15, 0.2) is 0 Å². The lowest BCUT2D eigenvalue weighted by atomic mass is 9.93. The van der Waals surface area contributed by atoms with E-state index < -0.39 is 0 Å². The Labute approximate surface area is 133 Å². The minimum atomic E-state index is 0. The van der Waals surface area contributed by atoms with Crippen LogP contribution in [0.3, 0.4) is 0 Å². The van der Waals surface area contributed by atoms with Gasteiger partial charge in [-0.2, -0.15) is 0 Å². The van der Waals surface area contributed by atoms with Crippen LogP contribution in [0.1, 0.15) is 25.7 Å². The van der Waals surface area contributed by atoms with Gasteiger partial charge in [-0.3, -0.25) is 4.79 Å². The third-order valence-electron chi connectivity index (χ3n) is 3.67. The van der Waals surface area contributed by atoms with Crippen molar-refractivity contribution in [2.45, 2.75) is 25.7 Å². The maximum atomic E-state index is 11.7. The molecule has 1 fully saturated rings. The summed E-state index contributed by atoms with van der Waals surface area (Å²) in [6, 6.07) is 9.66. The molecule has 2 rings (SSSR count). The molecule has 1 aromatic rings. The van der Waals surface area contributed by atoms with Gasteiger partial charge < -0.3 is 15.4 Å². The fourth-order valence-electron chi connectivity index (χ4n) is 2.47. The molecule has 0 bridgehead atoms. The van der Waals surface area contributed by atoms with E-state index in [1.807, 2.05) is 30.3 Å². The van der Waals surface area contributed by atoms with Crippen LogP contribution in [0.4, 0.5) is 0 Å². The molecule has 0 spiro atoms. The molecule has 4 nitrogen and oxygen atoms in total. The van der Waals surface area contributed by atoms with E-state index in [1.54, 1.807) is 0 Å². The number of nitrogens with one attached hydrogen (secondary N) is 2. The number of ether oxygens (including phenoxy) is 1. The smallest absolute Gasteiger partial charge is 0.220 e. The molecule has 1 aliphatic heterocycles. The second-order valence-electron chi connectivity index (χ2n) is 5.24. The van der Waals surface area contributed by atoms with E-state index in [9.17, 15) is 4.79 Å². The lowest BCUT2D eigenvalue weighted by Crippen LogP contribution is -2.30. The molecule has 1 amide bonds. The number of rotatable bonds is 7. The highest BCUT2D eigenvalue weighted by molar-refractivity contribution is 5.85. The van der Waals surface area contributed by atoms with Gasteiger partial charge in [-0.15, -0.1) is 12.4 Å². The molecule has 5 heteroatoms. The molecule has 0 atom stereocenters. The van der Waals surface area contributed by atoms with Gasteiger partial charge in [-0.1, -0.05) is 18.2 Å². The number of piperidine rings is 1. The van der Waals surface area contributed by atoms with Crippen molar-refractivity contribution in [3.05, 3.63) is 30.3 Å². The fraction of sp³-hybridized carbons (Fsp3) is 0.562. The van der Waals surface area contributed by atoms with Crippen LogP contribution in [0.2, 0.25) is 0 Å². The lowest BCUT2D eigenvalue weighted by molar-refractivity contribution is -0.121. The number of hydrogen-bond donors (Lipinski definition) is 2. The van der Waals surface area contributed by atoms with Crippen molar-refractivity contribution >= 4 is 18.3 Å². The molecule has 118 valence electrons. The van der Waals surface area contributed by atoms with Crippen molar-refractivity contribution in [3.8, 4) is 5.75 Å². The van der Waals surface area contributed by atoms with E-state index in [1.165, 1.54) is 12.8 Å². The van der Waals surface area contributed by atoms with E-state index in [0.717, 1.165) is 25.3 Å². The van der Waals surface area contributed by atoms with Gasteiger partial charge in [0.25, 0.3) is 0 Å². The van der Waals surface area contributed by atoms with Crippen LogP contribution in [0.25, 0.3) is 0 Å². The molecule has 0 aromatic heterocycles. The summed E-state index contributed by atoms with van der Waals surface area (Å²) in [4.78, 5) is 11.7. The van der Waals surface area contributed by atoms with Crippen LogP contribution in [0.5, 0.6) is 5.75 Å². The van der Waals surface area contributed by atoms with E-state index in [4.69, 9.17) is 4.74 Å². The Balaban J connectivity index is 0.00000220. The third-order valence-corrected chi connectivity index (χ3v) is 3.67. The van der Waals surface area contributed by atoms with E-state index in [0.29, 0.717) is 25.5 Å². The number of amides is 1. The second kappa shape index (κ2) is 10.5. The van der Waals surface area contributed by atoms with Crippen molar-refractivity contribution < 1.29 is 9.53 Å². The molecule has 0 unspecified atom stereocenters. The minimum Gasteiger partial charge on any atom is -0.492 e. The third kappa shape index (κ3) is 7.34. The van der Waals surface area contributed by atoms with Gasteiger partial charge in [-0.25, -0.2) is 0 Å². The zero-order chi connectivity index (χ0) is 14.0. The van der Waals surface area contributed by atoms with Crippen molar-refractivity contribution in [2.75, 3.05) is 26.2 Å². The van der Waals surface area contributed by atoms with Gasteiger partial charge in [0, 0.05) is 6.42 Å². The first kappa shape index (κ1) is 17.8. The van der Waals surface area contributed by atoms with Gasteiger partial charge in [0.05, 0.1) is 6.54 Å². The summed E-state index contributed by atoms with van der Waals surface area (Å²) in [6.45, 7) is 3.28. The molecule has 21 heavy (non-hydrogen) atoms. The van der Waals surface area contributed by atoms with Gasteiger partial charge in [0.1, 0.15) is 12.4 Å². The number of carbonyl (C=O) groups is 1. The van der Waals surface area contributed by atoms with Crippen LogP contribution in [0.15, 0.2) is 30.3 Å². The maximum absolute atomic E-state index is 11.7. The topological polar surface area (TPSA) is 50.4 Å². The molecule has 0 aliphatic carbocycles. The van der Waals surface area contributed by atoms with Crippen LogP contribution in [-0.2, 0) is 4.79 Å². The molecule has 0 radical (unpaired) electrons. The Morgan fingerprint density at radius 1 is 1.24 bits per heavy atom. The van der Waals surface area contributed by atoms with E-state index in [-0.39, 0.29) is 18.3 Å². The van der Waals surface area contributed by atoms with Crippen LogP contribution in [-0.4, -0.2) is 32.1 Å². The van der Waals surface area contributed by atoms with Crippen molar-refractivity contribution in [3.63, 3.8) is 0 Å². The van der Waals surface area contributed by atoms with Crippen molar-refractivity contribution in [1.82, 2.24) is 10.6 Å². The summed E-state index contributed by atoms with van der Waals surface area (Å²) < 4.78 is 5.53. The summed E-state index contributed by atoms with van der Waals surface area (Å²) in [5, 5.41) is 6.26. The molecule has 1 saturated heterocycles. The van der Waals surface area contributed by atoms with Crippen LogP contribution in [0, 0.1) is 5.92 Å². The summed E-state index contributed by atoms with van der Waals surface area (Å²) in [7, 11) is 0. The highest BCUT2D eigenvalue weighted by atomic mass is 35.5. The summed E-state index contributed by atoms with van der Waals surface area (Å²) in [5.74, 6) is 1.69. The largest absolute Gasteiger partial charge is 0.492 e. The molecular weight excluding hydrogens is 288 g/mol. The van der Waals surface area contributed by atoms with Gasteiger partial charge in [0.2, 0.25) is 5.91 Å². The van der Waals surface area contributed by atoms with Crippen molar-refractivity contribution in [2.24, 2.45) is 5.92 Å². The first-order chi connectivity index (χ1) is 9.84. The molecule has 2 N–H and O–H groups in total. The second-order valence-corrected chi connectivity index (χ2v) is 5.24. The van der Waals surface area contributed by atoms with E-state index >= 15 is 0 Å². The Kier molecular flexibility index (Phi) is 8.87. The van der Waals surface area contributed by atoms with Gasteiger partial charge in [-0.05, 0) is 50.4 Å². The molecule has 1 aromatic carbocycles. The maximum Gasteiger partial charge on any atom is 0.220 e. The zero-order valence-electron chi connectivity index (χ0n) is 12.3. The molecule has 1 heterocycles. The Bertz CT molecular complexity index is 395. The first-order valence-corrected chi connectivity index (χ1v) is 7.50.